The van der Waals surface area contributed by atoms with Crippen molar-refractivity contribution in [3.05, 3.63) is 23.3 Å². The first-order valence-corrected chi connectivity index (χ1v) is 5.09. The molecular weight excluding hydrogens is 184 g/mol. The Balaban J connectivity index is 2.31. The van der Waals surface area contributed by atoms with Gasteiger partial charge >= 0.3 is 0 Å². The molecule has 1 heterocycles. The summed E-state index contributed by atoms with van der Waals surface area (Å²) < 4.78 is 0. The summed E-state index contributed by atoms with van der Waals surface area (Å²) in [5, 5.41) is 0.00764. The Kier molecular flexibility index (Phi) is 2.24. The van der Waals surface area contributed by atoms with E-state index in [0.29, 0.717) is 5.92 Å². The second-order valence-corrected chi connectivity index (χ2v) is 4.31. The van der Waals surface area contributed by atoms with Crippen molar-refractivity contribution < 1.29 is 0 Å². The van der Waals surface area contributed by atoms with E-state index in [1.54, 1.807) is 0 Å². The minimum Gasteiger partial charge on any atom is -0.241 e. The van der Waals surface area contributed by atoms with Crippen molar-refractivity contribution in [2.75, 3.05) is 0 Å². The van der Waals surface area contributed by atoms with E-state index in [1.807, 2.05) is 20.0 Å². The summed E-state index contributed by atoms with van der Waals surface area (Å²) in [5.41, 5.74) is 2.07. The molecule has 0 aromatic carbocycles. The minimum atomic E-state index is 0.00764. The molecule has 0 aliphatic heterocycles. The van der Waals surface area contributed by atoms with Gasteiger partial charge in [-0.25, -0.2) is 9.97 Å². The van der Waals surface area contributed by atoms with E-state index >= 15 is 0 Å². The lowest BCUT2D eigenvalue weighted by molar-refractivity contribution is 0.870. The lowest BCUT2D eigenvalue weighted by Gasteiger charge is -2.07. The highest BCUT2D eigenvalue weighted by Crippen LogP contribution is 2.38. The van der Waals surface area contributed by atoms with Gasteiger partial charge in [-0.15, -0.1) is 11.6 Å². The van der Waals surface area contributed by atoms with Crippen molar-refractivity contribution in [2.24, 2.45) is 0 Å². The van der Waals surface area contributed by atoms with E-state index < -0.39 is 0 Å². The summed E-state index contributed by atoms with van der Waals surface area (Å²) in [5.74, 6) is 1.62. The zero-order valence-corrected chi connectivity index (χ0v) is 8.67. The van der Waals surface area contributed by atoms with Crippen molar-refractivity contribution in [1.29, 1.82) is 0 Å². The van der Waals surface area contributed by atoms with Crippen molar-refractivity contribution in [3.63, 3.8) is 0 Å². The molecule has 1 aliphatic carbocycles. The quantitative estimate of drug-likeness (QED) is 0.680. The molecule has 0 spiro atoms. The maximum Gasteiger partial charge on any atom is 0.131 e. The molecule has 70 valence electrons. The van der Waals surface area contributed by atoms with Crippen LogP contribution in [-0.4, -0.2) is 9.97 Å². The number of nitrogens with zero attached hydrogens (tertiary/aromatic N) is 2. The van der Waals surface area contributed by atoms with Gasteiger partial charge in [-0.3, -0.25) is 0 Å². The monoisotopic (exact) mass is 196 g/mol. The lowest BCUT2D eigenvalue weighted by atomic mass is 10.2. The van der Waals surface area contributed by atoms with Gasteiger partial charge in [0, 0.05) is 23.4 Å². The van der Waals surface area contributed by atoms with E-state index in [2.05, 4.69) is 9.97 Å². The fraction of sp³-hybridized carbons (Fsp3) is 0.600. The SMILES string of the molecule is Cc1nc(C2CC2)ncc1C(C)Cl. The van der Waals surface area contributed by atoms with Crippen molar-refractivity contribution in [1.82, 2.24) is 9.97 Å². The average Bonchev–Trinajstić information content (AvgIpc) is 2.85. The van der Waals surface area contributed by atoms with Gasteiger partial charge in [-0.1, -0.05) is 0 Å². The van der Waals surface area contributed by atoms with Gasteiger partial charge in [0.05, 0.1) is 5.38 Å². The van der Waals surface area contributed by atoms with Crippen LogP contribution in [0.15, 0.2) is 6.20 Å². The second-order valence-electron chi connectivity index (χ2n) is 3.66. The summed E-state index contributed by atoms with van der Waals surface area (Å²) in [4.78, 5) is 8.79. The van der Waals surface area contributed by atoms with Gasteiger partial charge in [-0.2, -0.15) is 0 Å². The van der Waals surface area contributed by atoms with E-state index in [-0.39, 0.29) is 5.38 Å². The van der Waals surface area contributed by atoms with Gasteiger partial charge in [0.25, 0.3) is 0 Å². The van der Waals surface area contributed by atoms with E-state index in [1.165, 1.54) is 12.8 Å². The van der Waals surface area contributed by atoms with Gasteiger partial charge < -0.3 is 0 Å². The number of rotatable bonds is 2. The lowest BCUT2D eigenvalue weighted by Crippen LogP contribution is -2.00. The number of aromatic nitrogens is 2. The summed E-state index contributed by atoms with van der Waals surface area (Å²) in [6, 6.07) is 0. The van der Waals surface area contributed by atoms with Gasteiger partial charge in [0.2, 0.25) is 0 Å². The maximum absolute atomic E-state index is 5.98. The smallest absolute Gasteiger partial charge is 0.131 e. The van der Waals surface area contributed by atoms with E-state index in [9.17, 15) is 0 Å². The number of halogens is 1. The van der Waals surface area contributed by atoms with Gasteiger partial charge in [-0.05, 0) is 26.7 Å². The fourth-order valence-electron chi connectivity index (χ4n) is 1.42. The molecule has 1 atom stereocenters. The standard InChI is InChI=1S/C10H13ClN2/c1-6(11)9-5-12-10(8-3-4-8)13-7(9)2/h5-6,8H,3-4H2,1-2H3. The predicted octanol–water partition coefficient (Wildman–Crippen LogP) is 2.96. The first-order chi connectivity index (χ1) is 6.18. The van der Waals surface area contributed by atoms with Crippen molar-refractivity contribution in [2.45, 2.75) is 38.0 Å². The molecule has 0 N–H and O–H groups in total. The highest BCUT2D eigenvalue weighted by atomic mass is 35.5. The highest BCUT2D eigenvalue weighted by Gasteiger charge is 2.26. The molecule has 1 unspecified atom stereocenters. The molecule has 3 heteroatoms. The van der Waals surface area contributed by atoms with Crippen LogP contribution in [0.1, 0.15) is 48.1 Å². The highest BCUT2D eigenvalue weighted by molar-refractivity contribution is 6.20. The average molecular weight is 197 g/mol. The van der Waals surface area contributed by atoms with E-state index in [4.69, 9.17) is 11.6 Å². The zero-order valence-electron chi connectivity index (χ0n) is 7.92. The Morgan fingerprint density at radius 2 is 2.23 bits per heavy atom. The third-order valence-electron chi connectivity index (χ3n) is 2.41. The maximum atomic E-state index is 5.98. The Morgan fingerprint density at radius 1 is 1.54 bits per heavy atom. The van der Waals surface area contributed by atoms with Crippen LogP contribution < -0.4 is 0 Å². The van der Waals surface area contributed by atoms with Crippen LogP contribution in [0.4, 0.5) is 0 Å². The third kappa shape index (κ3) is 1.83. The van der Waals surface area contributed by atoms with Crippen molar-refractivity contribution in [3.8, 4) is 0 Å². The molecule has 0 radical (unpaired) electrons. The summed E-state index contributed by atoms with van der Waals surface area (Å²) in [7, 11) is 0. The van der Waals surface area contributed by atoms with Crippen LogP contribution in [-0.2, 0) is 0 Å². The molecule has 1 fully saturated rings. The Labute approximate surface area is 83.4 Å². The van der Waals surface area contributed by atoms with Crippen LogP contribution in [0.25, 0.3) is 0 Å². The zero-order chi connectivity index (χ0) is 9.42. The van der Waals surface area contributed by atoms with Crippen LogP contribution in [0.2, 0.25) is 0 Å². The first kappa shape index (κ1) is 8.95. The van der Waals surface area contributed by atoms with Crippen molar-refractivity contribution >= 4 is 11.6 Å². The number of hydrogen-bond acceptors (Lipinski definition) is 2. The van der Waals surface area contributed by atoms with Gasteiger partial charge in [0.15, 0.2) is 0 Å². The summed E-state index contributed by atoms with van der Waals surface area (Å²) in [6.07, 6.45) is 4.36. The van der Waals surface area contributed by atoms with Crippen LogP contribution in [0, 0.1) is 6.92 Å². The topological polar surface area (TPSA) is 25.8 Å². The molecule has 0 bridgehead atoms. The van der Waals surface area contributed by atoms with Gasteiger partial charge in [0.1, 0.15) is 5.82 Å². The molecule has 1 aromatic rings. The first-order valence-electron chi connectivity index (χ1n) is 4.66. The molecule has 2 rings (SSSR count). The minimum absolute atomic E-state index is 0.00764. The molecule has 1 aromatic heterocycles. The molecule has 0 amide bonds. The fourth-order valence-corrected chi connectivity index (χ4v) is 1.64. The second kappa shape index (κ2) is 3.26. The van der Waals surface area contributed by atoms with Crippen LogP contribution in [0.3, 0.4) is 0 Å². The number of hydrogen-bond donors (Lipinski definition) is 0. The molecule has 0 saturated heterocycles. The van der Waals surface area contributed by atoms with Crippen LogP contribution in [0.5, 0.6) is 0 Å². The Hall–Kier alpha value is -0.630. The Bertz CT molecular complexity index is 319. The van der Waals surface area contributed by atoms with E-state index in [0.717, 1.165) is 17.1 Å². The Morgan fingerprint density at radius 3 is 2.69 bits per heavy atom. The predicted molar refractivity (Wildman–Crippen MR) is 53.0 cm³/mol. The van der Waals surface area contributed by atoms with Crippen LogP contribution >= 0.6 is 11.6 Å². The third-order valence-corrected chi connectivity index (χ3v) is 2.64. The molecule has 2 nitrogen and oxygen atoms in total. The molecule has 1 saturated carbocycles. The molecule has 13 heavy (non-hydrogen) atoms. The largest absolute Gasteiger partial charge is 0.241 e. The normalized spacial score (nSPS) is 18.7. The molecular formula is C10H13ClN2. The number of aryl methyl sites for hydroxylation is 1. The molecule has 1 aliphatic rings. The summed E-state index contributed by atoms with van der Waals surface area (Å²) >= 11 is 5.98. The summed E-state index contributed by atoms with van der Waals surface area (Å²) in [6.45, 7) is 3.95. The number of alkyl halides is 1.